The average Bonchev–Trinajstić information content (AvgIpc) is 3.23. The summed E-state index contributed by atoms with van der Waals surface area (Å²) in [4.78, 5) is 16.9. The van der Waals surface area contributed by atoms with Crippen LogP contribution >= 0.6 is 0 Å². The van der Waals surface area contributed by atoms with E-state index in [1.165, 1.54) is 25.7 Å². The third-order valence-corrected chi connectivity index (χ3v) is 10.3. The van der Waals surface area contributed by atoms with Crippen LogP contribution in [0.2, 0.25) is 0 Å². The Morgan fingerprint density at radius 3 is 2.66 bits per heavy atom. The van der Waals surface area contributed by atoms with Gasteiger partial charge in [0.1, 0.15) is 6.61 Å². The summed E-state index contributed by atoms with van der Waals surface area (Å²) in [7, 11) is 1.72. The van der Waals surface area contributed by atoms with E-state index >= 15 is 0 Å². The highest BCUT2D eigenvalue weighted by atomic mass is 16.6. The second-order valence-corrected chi connectivity index (χ2v) is 11.1. The number of rotatable bonds is 3. The highest BCUT2D eigenvalue weighted by molar-refractivity contribution is 5.85. The van der Waals surface area contributed by atoms with Gasteiger partial charge >= 0.3 is 5.97 Å². The van der Waals surface area contributed by atoms with Crippen molar-refractivity contribution in [3.8, 4) is 0 Å². The van der Waals surface area contributed by atoms with Crippen molar-refractivity contribution >= 4 is 5.97 Å². The maximum Gasteiger partial charge on any atom is 0.331 e. The number of ether oxygens (including phenoxy) is 1. The average molecular weight is 404 g/mol. The van der Waals surface area contributed by atoms with Crippen LogP contribution in [0.1, 0.15) is 71.6 Å². The summed E-state index contributed by atoms with van der Waals surface area (Å²) in [5.41, 5.74) is 3.91. The monoisotopic (exact) mass is 403 g/mol. The minimum Gasteiger partial charge on any atom is -0.458 e. The largest absolute Gasteiger partial charge is 0.458 e. The Labute approximate surface area is 174 Å². The van der Waals surface area contributed by atoms with Crippen LogP contribution in [0.25, 0.3) is 0 Å². The van der Waals surface area contributed by atoms with Gasteiger partial charge in [-0.15, -0.1) is 0 Å². The number of carbonyl (C=O) groups is 1. The number of cyclic esters (lactones) is 1. The van der Waals surface area contributed by atoms with E-state index in [-0.39, 0.29) is 17.3 Å². The fourth-order valence-corrected chi connectivity index (χ4v) is 8.68. The maximum atomic E-state index is 12.2. The van der Waals surface area contributed by atoms with Crippen molar-refractivity contribution in [1.29, 1.82) is 0 Å². The van der Waals surface area contributed by atoms with Gasteiger partial charge in [-0.25, -0.2) is 4.79 Å². The van der Waals surface area contributed by atoms with Crippen LogP contribution in [0, 0.1) is 34.5 Å². The van der Waals surface area contributed by atoms with Crippen molar-refractivity contribution in [2.75, 3.05) is 13.7 Å². The molecule has 5 heteroatoms. The molecule has 4 aliphatic carbocycles. The zero-order valence-corrected chi connectivity index (χ0v) is 18.2. The Balaban J connectivity index is 1.41. The summed E-state index contributed by atoms with van der Waals surface area (Å²) in [5.74, 6) is 1.79. The summed E-state index contributed by atoms with van der Waals surface area (Å²) in [6, 6.07) is 0.467. The van der Waals surface area contributed by atoms with Crippen LogP contribution in [0.5, 0.6) is 0 Å². The smallest absolute Gasteiger partial charge is 0.331 e. The molecule has 8 atom stereocenters. The molecule has 0 aromatic carbocycles. The first-order valence-corrected chi connectivity index (χ1v) is 11.7. The van der Waals surface area contributed by atoms with Gasteiger partial charge in [0, 0.05) is 17.5 Å². The van der Waals surface area contributed by atoms with E-state index < -0.39 is 5.60 Å². The van der Waals surface area contributed by atoms with Gasteiger partial charge in [0.2, 0.25) is 0 Å². The molecule has 0 spiro atoms. The first-order valence-electron chi connectivity index (χ1n) is 11.7. The molecule has 5 nitrogen and oxygen atoms in total. The number of hydrogen-bond donors (Lipinski definition) is 2. The van der Waals surface area contributed by atoms with Crippen LogP contribution in [0.3, 0.4) is 0 Å². The molecule has 0 aromatic heterocycles. The number of carbonyl (C=O) groups excluding carboxylic acids is 1. The van der Waals surface area contributed by atoms with Crippen molar-refractivity contribution in [2.24, 2.45) is 34.5 Å². The predicted molar refractivity (Wildman–Crippen MR) is 110 cm³/mol. The van der Waals surface area contributed by atoms with Crippen LogP contribution in [-0.2, 0) is 14.4 Å². The Hall–Kier alpha value is -0.910. The van der Waals surface area contributed by atoms with E-state index in [1.807, 2.05) is 0 Å². The third-order valence-electron chi connectivity index (χ3n) is 10.3. The Kier molecular flexibility index (Phi) is 4.69. The molecule has 162 valence electrons. The lowest BCUT2D eigenvalue weighted by atomic mass is 9.43. The maximum absolute atomic E-state index is 12.2. The van der Waals surface area contributed by atoms with Gasteiger partial charge in [-0.3, -0.25) is 0 Å². The molecule has 0 saturated heterocycles. The van der Waals surface area contributed by atoms with Crippen LogP contribution in [0.4, 0.5) is 0 Å². The van der Waals surface area contributed by atoms with Gasteiger partial charge in [0.25, 0.3) is 0 Å². The summed E-state index contributed by atoms with van der Waals surface area (Å²) < 4.78 is 5.23. The van der Waals surface area contributed by atoms with Gasteiger partial charge in [-0.05, 0) is 92.4 Å². The predicted octanol–water partition coefficient (Wildman–Crippen LogP) is 3.76. The molecule has 4 fully saturated rings. The number of aliphatic hydroxyl groups is 1. The molecule has 5 unspecified atom stereocenters. The molecule has 0 aromatic rings. The van der Waals surface area contributed by atoms with Crippen molar-refractivity contribution in [3.63, 3.8) is 0 Å². The molecule has 5 rings (SSSR count). The van der Waals surface area contributed by atoms with Crippen LogP contribution < -0.4 is 5.48 Å². The van der Waals surface area contributed by atoms with Gasteiger partial charge < -0.3 is 14.7 Å². The van der Waals surface area contributed by atoms with Crippen LogP contribution in [0.15, 0.2) is 11.6 Å². The molecule has 1 heterocycles. The molecule has 5 aliphatic rings. The standard InChI is InChI=1S/C24H37NO4/c1-22-9-6-17(25-28-3)13-16(22)4-5-20-19(22)7-10-23(2)18(8-11-24(20,23)27)15-12-21(26)29-14-15/h12,16-20,25,27H,4-11,13-14H2,1-3H3/t16?,17?,18?,19?,20?,22-,23+,24-/m0/s1. The second-order valence-electron chi connectivity index (χ2n) is 11.1. The fraction of sp³-hybridized carbons (Fsp3) is 0.875. The van der Waals surface area contributed by atoms with Crippen molar-refractivity contribution in [1.82, 2.24) is 5.48 Å². The quantitative estimate of drug-likeness (QED) is 0.555. The number of esters is 1. The van der Waals surface area contributed by atoms with Crippen LogP contribution in [-0.4, -0.2) is 36.4 Å². The lowest BCUT2D eigenvalue weighted by molar-refractivity contribution is -0.206. The first-order chi connectivity index (χ1) is 13.8. The molecule has 1 aliphatic heterocycles. The minimum absolute atomic E-state index is 0.133. The number of nitrogens with one attached hydrogen (secondary N) is 1. The SMILES string of the molecule is CONC1CC[C@@]2(C)C(CCC3C2CC[C@]2(C)C(C4=CC(=O)OC4)CC[C@]32O)C1. The van der Waals surface area contributed by atoms with Gasteiger partial charge in [-0.1, -0.05) is 13.8 Å². The zero-order chi connectivity index (χ0) is 20.4. The lowest BCUT2D eigenvalue weighted by Crippen LogP contribution is -2.62. The van der Waals surface area contributed by atoms with E-state index in [0.29, 0.717) is 29.9 Å². The molecule has 0 amide bonds. The van der Waals surface area contributed by atoms with Gasteiger partial charge in [0.05, 0.1) is 12.7 Å². The van der Waals surface area contributed by atoms with Crippen molar-refractivity contribution in [3.05, 3.63) is 11.6 Å². The fourth-order valence-electron chi connectivity index (χ4n) is 8.68. The van der Waals surface area contributed by atoms with Crippen molar-refractivity contribution < 1.29 is 19.5 Å². The molecule has 0 bridgehead atoms. The Bertz CT molecular complexity index is 722. The summed E-state index contributed by atoms with van der Waals surface area (Å²) in [6.45, 7) is 5.25. The minimum atomic E-state index is -0.608. The number of hydrogen-bond acceptors (Lipinski definition) is 5. The Morgan fingerprint density at radius 1 is 1.10 bits per heavy atom. The normalized spacial score (nSPS) is 51.7. The van der Waals surface area contributed by atoms with Gasteiger partial charge in [0.15, 0.2) is 0 Å². The number of hydroxylamine groups is 1. The van der Waals surface area contributed by atoms with E-state index in [0.717, 1.165) is 43.6 Å². The summed E-state index contributed by atoms with van der Waals surface area (Å²) in [5, 5.41) is 12.2. The molecule has 4 saturated carbocycles. The third kappa shape index (κ3) is 2.73. The summed E-state index contributed by atoms with van der Waals surface area (Å²) in [6.07, 6.45) is 11.8. The molecular formula is C24H37NO4. The van der Waals surface area contributed by atoms with E-state index in [1.54, 1.807) is 13.2 Å². The molecule has 2 N–H and O–H groups in total. The lowest BCUT2D eigenvalue weighted by Gasteiger charge is -2.63. The van der Waals surface area contributed by atoms with Gasteiger partial charge in [-0.2, -0.15) is 5.48 Å². The van der Waals surface area contributed by atoms with E-state index in [4.69, 9.17) is 9.57 Å². The molecule has 29 heavy (non-hydrogen) atoms. The first kappa shape index (κ1) is 20.0. The topological polar surface area (TPSA) is 67.8 Å². The van der Waals surface area contributed by atoms with Crippen molar-refractivity contribution in [2.45, 2.75) is 83.3 Å². The highest BCUT2D eigenvalue weighted by Crippen LogP contribution is 2.69. The number of fused-ring (bicyclic) bond motifs is 5. The molecule has 0 radical (unpaired) electrons. The Morgan fingerprint density at radius 2 is 1.93 bits per heavy atom. The van der Waals surface area contributed by atoms with E-state index in [2.05, 4.69) is 19.3 Å². The summed E-state index contributed by atoms with van der Waals surface area (Å²) >= 11 is 0. The zero-order valence-electron chi connectivity index (χ0n) is 18.2. The second kappa shape index (κ2) is 6.80. The molecular weight excluding hydrogens is 366 g/mol. The van der Waals surface area contributed by atoms with E-state index in [9.17, 15) is 9.90 Å². The highest BCUT2D eigenvalue weighted by Gasteiger charge is 2.67.